The third kappa shape index (κ3) is 3.43. The lowest BCUT2D eigenvalue weighted by atomic mass is 9.92. The molecule has 5 nitrogen and oxygen atoms in total. The van der Waals surface area contributed by atoms with E-state index in [0.29, 0.717) is 12.6 Å². The molecule has 0 bridgehead atoms. The highest BCUT2D eigenvalue weighted by atomic mass is 16.5. The molecule has 1 heterocycles. The van der Waals surface area contributed by atoms with E-state index in [4.69, 9.17) is 9.72 Å². The zero-order valence-electron chi connectivity index (χ0n) is 16.5. The fourth-order valence-electron chi connectivity index (χ4n) is 3.89. The second kappa shape index (κ2) is 7.67. The fraction of sp³-hybridized carbons (Fsp3) is 0.200. The monoisotopic (exact) mass is 398 g/mol. The molecule has 1 aliphatic rings. The Morgan fingerprint density at radius 2 is 1.80 bits per heavy atom. The first kappa shape index (κ1) is 18.4. The quantitative estimate of drug-likeness (QED) is 0.452. The Bertz CT molecular complexity index is 1190. The van der Waals surface area contributed by atoms with Crippen molar-refractivity contribution in [2.45, 2.75) is 31.9 Å². The number of nitrogens with zero attached hydrogens (tertiary/aromatic N) is 2. The maximum atomic E-state index is 11.4. The fourth-order valence-corrected chi connectivity index (χ4v) is 3.89. The number of carbonyl (C=O) groups is 1. The molecule has 4 aromatic rings. The SMILES string of the molecule is O=C(O)c1ccc2c(c1)nc(-c1ccc(OCc3ccccc3)cc1)n2C1CCC1. The molecule has 150 valence electrons. The summed E-state index contributed by atoms with van der Waals surface area (Å²) in [4.78, 5) is 16.2. The summed E-state index contributed by atoms with van der Waals surface area (Å²) in [6.07, 6.45) is 3.46. The zero-order chi connectivity index (χ0) is 20.5. The van der Waals surface area contributed by atoms with Gasteiger partial charge in [0.05, 0.1) is 16.6 Å². The molecule has 0 spiro atoms. The van der Waals surface area contributed by atoms with Crippen LogP contribution < -0.4 is 4.74 Å². The molecule has 3 aromatic carbocycles. The van der Waals surface area contributed by atoms with Crippen molar-refractivity contribution < 1.29 is 14.6 Å². The van der Waals surface area contributed by atoms with Gasteiger partial charge < -0.3 is 14.4 Å². The first-order valence-electron chi connectivity index (χ1n) is 10.2. The van der Waals surface area contributed by atoms with E-state index in [2.05, 4.69) is 4.57 Å². The summed E-state index contributed by atoms with van der Waals surface area (Å²) in [6.45, 7) is 0.527. The van der Waals surface area contributed by atoms with Crippen LogP contribution in [0, 0.1) is 0 Å². The van der Waals surface area contributed by atoms with Gasteiger partial charge in [-0.1, -0.05) is 30.3 Å². The summed E-state index contributed by atoms with van der Waals surface area (Å²) in [7, 11) is 0. The van der Waals surface area contributed by atoms with Gasteiger partial charge in [0.15, 0.2) is 0 Å². The molecule has 0 unspecified atom stereocenters. The van der Waals surface area contributed by atoms with Gasteiger partial charge in [-0.05, 0) is 67.3 Å². The van der Waals surface area contributed by atoms with Gasteiger partial charge in [-0.2, -0.15) is 0 Å². The minimum atomic E-state index is -0.934. The number of aromatic nitrogens is 2. The highest BCUT2D eigenvalue weighted by molar-refractivity contribution is 5.93. The Hall–Kier alpha value is -3.60. The third-order valence-corrected chi connectivity index (χ3v) is 5.74. The van der Waals surface area contributed by atoms with Crippen LogP contribution in [0.4, 0.5) is 0 Å². The molecule has 0 radical (unpaired) electrons. The Kier molecular flexibility index (Phi) is 4.71. The summed E-state index contributed by atoms with van der Waals surface area (Å²) in [6, 6.07) is 23.7. The van der Waals surface area contributed by atoms with Crippen LogP contribution in [0.2, 0.25) is 0 Å². The minimum Gasteiger partial charge on any atom is -0.489 e. The molecule has 5 rings (SSSR count). The molecule has 1 N–H and O–H groups in total. The summed E-state index contributed by atoms with van der Waals surface area (Å²) < 4.78 is 8.17. The van der Waals surface area contributed by atoms with E-state index in [9.17, 15) is 9.90 Å². The number of fused-ring (bicyclic) bond motifs is 1. The largest absolute Gasteiger partial charge is 0.489 e. The van der Waals surface area contributed by atoms with E-state index >= 15 is 0 Å². The number of hydrogen-bond donors (Lipinski definition) is 1. The van der Waals surface area contributed by atoms with Gasteiger partial charge in [0.25, 0.3) is 0 Å². The van der Waals surface area contributed by atoms with Crippen molar-refractivity contribution in [3.05, 3.63) is 83.9 Å². The number of imidazole rings is 1. The third-order valence-electron chi connectivity index (χ3n) is 5.74. The van der Waals surface area contributed by atoms with Gasteiger partial charge in [0, 0.05) is 11.6 Å². The van der Waals surface area contributed by atoms with Gasteiger partial charge in [-0.25, -0.2) is 9.78 Å². The molecule has 1 saturated carbocycles. The van der Waals surface area contributed by atoms with Crippen LogP contribution in [0.5, 0.6) is 5.75 Å². The van der Waals surface area contributed by atoms with Gasteiger partial charge in [-0.3, -0.25) is 0 Å². The molecule has 30 heavy (non-hydrogen) atoms. The molecule has 0 saturated heterocycles. The number of aromatic carboxylic acids is 1. The summed E-state index contributed by atoms with van der Waals surface area (Å²) in [5.41, 5.74) is 4.10. The van der Waals surface area contributed by atoms with E-state index in [-0.39, 0.29) is 5.56 Å². The highest BCUT2D eigenvalue weighted by Gasteiger charge is 2.25. The molecule has 0 amide bonds. The first-order valence-corrected chi connectivity index (χ1v) is 10.2. The highest BCUT2D eigenvalue weighted by Crippen LogP contribution is 2.39. The Labute approximate surface area is 174 Å². The maximum absolute atomic E-state index is 11.4. The van der Waals surface area contributed by atoms with Crippen molar-refractivity contribution in [1.29, 1.82) is 0 Å². The van der Waals surface area contributed by atoms with Gasteiger partial charge in [0.2, 0.25) is 0 Å². The van der Waals surface area contributed by atoms with Crippen LogP contribution in [0.15, 0.2) is 72.8 Å². The summed E-state index contributed by atoms with van der Waals surface area (Å²) in [5, 5.41) is 9.32. The molecule has 1 aromatic heterocycles. The topological polar surface area (TPSA) is 64.3 Å². The average molecular weight is 398 g/mol. The van der Waals surface area contributed by atoms with Crippen LogP contribution in [-0.4, -0.2) is 20.6 Å². The lowest BCUT2D eigenvalue weighted by Gasteiger charge is -2.29. The number of carboxylic acid groups (broad SMARTS) is 1. The van der Waals surface area contributed by atoms with Crippen LogP contribution in [0.25, 0.3) is 22.4 Å². The van der Waals surface area contributed by atoms with Crippen molar-refractivity contribution in [2.75, 3.05) is 0 Å². The normalized spacial score (nSPS) is 13.9. The molecular formula is C25H22N2O3. The predicted molar refractivity (Wildman–Crippen MR) is 116 cm³/mol. The molecule has 0 atom stereocenters. The Morgan fingerprint density at radius 3 is 2.47 bits per heavy atom. The standard InChI is InChI=1S/C25H22N2O3/c28-25(29)19-11-14-23-22(15-19)26-24(27(23)20-7-4-8-20)18-9-12-21(13-10-18)30-16-17-5-2-1-3-6-17/h1-3,5-6,9-15,20H,4,7-8,16H2,(H,28,29). The smallest absolute Gasteiger partial charge is 0.335 e. The van der Waals surface area contributed by atoms with Crippen LogP contribution in [0.1, 0.15) is 41.2 Å². The van der Waals surface area contributed by atoms with Crippen molar-refractivity contribution in [3.8, 4) is 17.1 Å². The van der Waals surface area contributed by atoms with E-state index in [1.807, 2.05) is 60.7 Å². The second-order valence-corrected chi connectivity index (χ2v) is 7.70. The van der Waals surface area contributed by atoms with Crippen LogP contribution in [0.3, 0.4) is 0 Å². The van der Waals surface area contributed by atoms with Crippen molar-refractivity contribution >= 4 is 17.0 Å². The number of benzene rings is 3. The van der Waals surface area contributed by atoms with Crippen molar-refractivity contribution in [3.63, 3.8) is 0 Å². The minimum absolute atomic E-state index is 0.261. The second-order valence-electron chi connectivity index (χ2n) is 7.70. The number of hydrogen-bond acceptors (Lipinski definition) is 3. The Balaban J connectivity index is 1.46. The Morgan fingerprint density at radius 1 is 1.03 bits per heavy atom. The van der Waals surface area contributed by atoms with E-state index in [0.717, 1.165) is 46.6 Å². The van der Waals surface area contributed by atoms with E-state index in [1.54, 1.807) is 12.1 Å². The molecular weight excluding hydrogens is 376 g/mol. The number of carboxylic acids is 1. The predicted octanol–water partition coefficient (Wildman–Crippen LogP) is 5.71. The van der Waals surface area contributed by atoms with Crippen LogP contribution >= 0.6 is 0 Å². The first-order chi connectivity index (χ1) is 14.7. The van der Waals surface area contributed by atoms with Gasteiger partial charge >= 0.3 is 5.97 Å². The van der Waals surface area contributed by atoms with E-state index < -0.39 is 5.97 Å². The summed E-state index contributed by atoms with van der Waals surface area (Å²) >= 11 is 0. The molecule has 5 heteroatoms. The average Bonchev–Trinajstić information content (AvgIpc) is 3.10. The van der Waals surface area contributed by atoms with Gasteiger partial charge in [-0.15, -0.1) is 0 Å². The van der Waals surface area contributed by atoms with Gasteiger partial charge in [0.1, 0.15) is 18.2 Å². The van der Waals surface area contributed by atoms with E-state index in [1.165, 1.54) is 6.42 Å². The molecule has 1 aliphatic carbocycles. The maximum Gasteiger partial charge on any atom is 0.335 e. The number of ether oxygens (including phenoxy) is 1. The van der Waals surface area contributed by atoms with Crippen molar-refractivity contribution in [2.24, 2.45) is 0 Å². The summed E-state index contributed by atoms with van der Waals surface area (Å²) in [5.74, 6) is 0.755. The van der Waals surface area contributed by atoms with Crippen LogP contribution in [-0.2, 0) is 6.61 Å². The zero-order valence-corrected chi connectivity index (χ0v) is 16.5. The molecule has 0 aliphatic heterocycles. The lowest BCUT2D eigenvalue weighted by Crippen LogP contribution is -2.17. The molecule has 1 fully saturated rings. The lowest BCUT2D eigenvalue weighted by molar-refractivity contribution is 0.0697. The van der Waals surface area contributed by atoms with Crippen molar-refractivity contribution in [1.82, 2.24) is 9.55 Å². The number of rotatable bonds is 6.